The number of esters is 1. The Bertz CT molecular complexity index is 860. The van der Waals surface area contributed by atoms with Gasteiger partial charge in [0.15, 0.2) is 5.17 Å². The molecule has 7 heteroatoms. The number of carbonyl (C=O) groups excluding carboxylic acids is 2. The molecule has 0 aliphatic carbocycles. The van der Waals surface area contributed by atoms with Crippen molar-refractivity contribution < 1.29 is 19.1 Å². The summed E-state index contributed by atoms with van der Waals surface area (Å²) in [6.45, 7) is 10.1. The van der Waals surface area contributed by atoms with Crippen LogP contribution in [-0.4, -0.2) is 40.4 Å². The predicted octanol–water partition coefficient (Wildman–Crippen LogP) is 4.24. The summed E-state index contributed by atoms with van der Waals surface area (Å²) in [7, 11) is 0. The number of nitrogens with zero attached hydrogens (tertiary/aromatic N) is 2. The highest BCUT2D eigenvalue weighted by Gasteiger charge is 2.47. The van der Waals surface area contributed by atoms with E-state index in [0.29, 0.717) is 29.5 Å². The molecule has 2 heterocycles. The zero-order valence-electron chi connectivity index (χ0n) is 17.0. The third-order valence-electron chi connectivity index (χ3n) is 4.74. The fourth-order valence-electron chi connectivity index (χ4n) is 3.34. The van der Waals surface area contributed by atoms with Crippen LogP contribution in [0.3, 0.4) is 0 Å². The summed E-state index contributed by atoms with van der Waals surface area (Å²) in [5, 5.41) is 0.440. The molecule has 0 saturated carbocycles. The molecule has 1 saturated heterocycles. The average Bonchev–Trinajstić information content (AvgIpc) is 3.05. The first-order valence-electron chi connectivity index (χ1n) is 9.81. The van der Waals surface area contributed by atoms with Crippen molar-refractivity contribution in [3.05, 3.63) is 53.8 Å². The molecular weight excluding hydrogens is 388 g/mol. The molecule has 1 aromatic rings. The molecule has 0 bridgehead atoms. The first kappa shape index (κ1) is 21.2. The molecule has 1 fully saturated rings. The van der Waals surface area contributed by atoms with Crippen molar-refractivity contribution in [3.63, 3.8) is 0 Å². The molecule has 6 nitrogen and oxygen atoms in total. The lowest BCUT2D eigenvalue weighted by molar-refractivity contribution is -0.139. The normalized spacial score (nSPS) is 21.0. The van der Waals surface area contributed by atoms with Gasteiger partial charge in [0.05, 0.1) is 29.2 Å². The molecule has 0 N–H and O–H groups in total. The second kappa shape index (κ2) is 9.31. The molecule has 1 aromatic carbocycles. The average molecular weight is 415 g/mol. The van der Waals surface area contributed by atoms with Crippen molar-refractivity contribution in [2.24, 2.45) is 4.99 Å². The zero-order valence-corrected chi connectivity index (χ0v) is 17.8. The fraction of sp³-hybridized carbons (Fsp3) is 0.409. The summed E-state index contributed by atoms with van der Waals surface area (Å²) in [4.78, 5) is 32.1. The Balaban J connectivity index is 2.02. The van der Waals surface area contributed by atoms with E-state index in [4.69, 9.17) is 9.47 Å². The van der Waals surface area contributed by atoms with Crippen molar-refractivity contribution in [2.75, 3.05) is 13.2 Å². The molecule has 2 aliphatic rings. The van der Waals surface area contributed by atoms with E-state index in [1.807, 2.05) is 38.1 Å². The van der Waals surface area contributed by atoms with Crippen LogP contribution in [0.1, 0.15) is 45.2 Å². The molecule has 0 aromatic heterocycles. The number of aliphatic imine (C=N–C) groups is 1. The molecule has 2 unspecified atom stereocenters. The van der Waals surface area contributed by atoms with Crippen LogP contribution < -0.4 is 4.74 Å². The van der Waals surface area contributed by atoms with Gasteiger partial charge in [-0.25, -0.2) is 9.79 Å². The van der Waals surface area contributed by atoms with Crippen molar-refractivity contribution in [3.8, 4) is 5.75 Å². The summed E-state index contributed by atoms with van der Waals surface area (Å²) in [6, 6.07) is 6.94. The van der Waals surface area contributed by atoms with Gasteiger partial charge in [-0.1, -0.05) is 50.4 Å². The summed E-state index contributed by atoms with van der Waals surface area (Å²) < 4.78 is 11.0. The van der Waals surface area contributed by atoms with E-state index < -0.39 is 12.0 Å². The Morgan fingerprint density at radius 2 is 2.03 bits per heavy atom. The van der Waals surface area contributed by atoms with Crippen LogP contribution in [0.5, 0.6) is 5.75 Å². The third kappa shape index (κ3) is 4.24. The smallest absolute Gasteiger partial charge is 0.338 e. The quantitative estimate of drug-likeness (QED) is 0.470. The lowest BCUT2D eigenvalue weighted by Crippen LogP contribution is -2.40. The first-order valence-corrected chi connectivity index (χ1v) is 10.7. The minimum atomic E-state index is -0.573. The Labute approximate surface area is 175 Å². The van der Waals surface area contributed by atoms with Crippen LogP contribution in [0.15, 0.2) is 53.2 Å². The van der Waals surface area contributed by atoms with Crippen LogP contribution >= 0.6 is 11.8 Å². The maximum absolute atomic E-state index is 13.1. The van der Waals surface area contributed by atoms with Crippen LogP contribution in [-0.2, 0) is 14.3 Å². The number of amides is 1. The number of fused-ring (bicyclic) bond motifs is 1. The topological polar surface area (TPSA) is 68.2 Å². The van der Waals surface area contributed by atoms with Gasteiger partial charge in [-0.2, -0.15) is 0 Å². The number of carbonyl (C=O) groups is 2. The number of thioether (sulfide) groups is 1. The van der Waals surface area contributed by atoms with E-state index in [9.17, 15) is 9.59 Å². The van der Waals surface area contributed by atoms with Gasteiger partial charge in [-0.05, 0) is 37.5 Å². The minimum Gasteiger partial charge on any atom is -0.494 e. The van der Waals surface area contributed by atoms with Crippen molar-refractivity contribution in [1.82, 2.24) is 4.90 Å². The molecule has 3 rings (SSSR count). The van der Waals surface area contributed by atoms with E-state index in [-0.39, 0.29) is 17.8 Å². The highest BCUT2D eigenvalue weighted by Crippen LogP contribution is 2.44. The lowest BCUT2D eigenvalue weighted by atomic mass is 9.94. The maximum atomic E-state index is 13.1. The van der Waals surface area contributed by atoms with Gasteiger partial charge >= 0.3 is 5.97 Å². The molecule has 29 heavy (non-hydrogen) atoms. The number of amidine groups is 1. The molecular formula is C22H26N2O4S. The van der Waals surface area contributed by atoms with Gasteiger partial charge in [0.2, 0.25) is 5.91 Å². The largest absolute Gasteiger partial charge is 0.494 e. The van der Waals surface area contributed by atoms with E-state index in [0.717, 1.165) is 17.7 Å². The van der Waals surface area contributed by atoms with Gasteiger partial charge in [-0.3, -0.25) is 9.69 Å². The predicted molar refractivity (Wildman–Crippen MR) is 115 cm³/mol. The van der Waals surface area contributed by atoms with Crippen LogP contribution in [0.2, 0.25) is 0 Å². The molecule has 1 amide bonds. The van der Waals surface area contributed by atoms with E-state index >= 15 is 0 Å². The number of hydrogen-bond donors (Lipinski definition) is 0. The third-order valence-corrected chi connectivity index (χ3v) is 6.06. The number of allylic oxidation sites excluding steroid dienone is 1. The van der Waals surface area contributed by atoms with Gasteiger partial charge < -0.3 is 9.47 Å². The molecule has 154 valence electrons. The van der Waals surface area contributed by atoms with E-state index in [2.05, 4.69) is 11.6 Å². The fourth-order valence-corrected chi connectivity index (χ4v) is 4.48. The summed E-state index contributed by atoms with van der Waals surface area (Å²) in [6.07, 6.45) is 3.14. The lowest BCUT2D eigenvalue weighted by Gasteiger charge is -2.33. The van der Waals surface area contributed by atoms with E-state index in [1.165, 1.54) is 17.8 Å². The zero-order chi connectivity index (χ0) is 21.0. The molecule has 2 atom stereocenters. The highest BCUT2D eigenvalue weighted by atomic mass is 32.2. The number of rotatable bonds is 8. The van der Waals surface area contributed by atoms with Crippen LogP contribution in [0, 0.1) is 0 Å². The van der Waals surface area contributed by atoms with Gasteiger partial charge in [0, 0.05) is 0 Å². The standard InChI is InChI=1S/C22H26N2O4S/c1-5-12-27-16-10-8-15(9-11-16)19-18(21(26)28-13-6-2)14(4)23-22-24(19)20(25)17(7-3)29-22/h6,8-11,17,19H,2,5,7,12-13H2,1,3-4H3. The molecule has 0 spiro atoms. The minimum absolute atomic E-state index is 0.0333. The number of ether oxygens (including phenoxy) is 2. The van der Waals surface area contributed by atoms with Crippen LogP contribution in [0.4, 0.5) is 0 Å². The van der Waals surface area contributed by atoms with E-state index in [1.54, 1.807) is 11.8 Å². The monoisotopic (exact) mass is 414 g/mol. The summed E-state index contributed by atoms with van der Waals surface area (Å²) >= 11 is 1.45. The van der Waals surface area contributed by atoms with Gasteiger partial charge in [0.1, 0.15) is 12.4 Å². The second-order valence-electron chi connectivity index (χ2n) is 6.82. The Hall–Kier alpha value is -2.54. The Kier molecular flexibility index (Phi) is 6.79. The first-order chi connectivity index (χ1) is 14.0. The van der Waals surface area contributed by atoms with Gasteiger partial charge in [0.25, 0.3) is 0 Å². The summed E-state index contributed by atoms with van der Waals surface area (Å²) in [5.74, 6) is 0.235. The number of benzene rings is 1. The highest BCUT2D eigenvalue weighted by molar-refractivity contribution is 8.15. The van der Waals surface area contributed by atoms with Crippen molar-refractivity contribution >= 4 is 28.8 Å². The summed E-state index contributed by atoms with van der Waals surface area (Å²) in [5.41, 5.74) is 1.76. The Morgan fingerprint density at radius 3 is 2.66 bits per heavy atom. The molecule has 0 radical (unpaired) electrons. The maximum Gasteiger partial charge on any atom is 0.338 e. The van der Waals surface area contributed by atoms with Crippen molar-refractivity contribution in [2.45, 2.75) is 44.9 Å². The number of hydrogen-bond acceptors (Lipinski definition) is 6. The molecule has 2 aliphatic heterocycles. The van der Waals surface area contributed by atoms with Crippen molar-refractivity contribution in [1.29, 1.82) is 0 Å². The SMILES string of the molecule is C=CCOC(=O)C1=C(C)N=C2SC(CC)C(=O)N2C1c1ccc(OCCC)cc1. The second-order valence-corrected chi connectivity index (χ2v) is 7.99. The van der Waals surface area contributed by atoms with Crippen LogP contribution in [0.25, 0.3) is 0 Å². The Morgan fingerprint density at radius 1 is 1.31 bits per heavy atom. The van der Waals surface area contributed by atoms with Gasteiger partial charge in [-0.15, -0.1) is 0 Å².